The number of carbonyl (C=O) groups is 1. The molecule has 0 fully saturated rings. The van der Waals surface area contributed by atoms with Crippen LogP contribution < -0.4 is 10.1 Å². The van der Waals surface area contributed by atoms with Crippen molar-refractivity contribution in [3.05, 3.63) is 58.3 Å². The second-order valence-electron chi connectivity index (χ2n) is 4.42. The minimum absolute atomic E-state index is 0.0104. The van der Waals surface area contributed by atoms with Gasteiger partial charge in [0.25, 0.3) is 5.91 Å². The van der Waals surface area contributed by atoms with Crippen molar-refractivity contribution in [2.75, 3.05) is 11.9 Å². The van der Waals surface area contributed by atoms with E-state index < -0.39 is 11.7 Å². The van der Waals surface area contributed by atoms with Crippen molar-refractivity contribution in [1.82, 2.24) is 0 Å². The van der Waals surface area contributed by atoms with Crippen LogP contribution in [0.3, 0.4) is 0 Å². The highest BCUT2D eigenvalue weighted by Gasteiger charge is 2.15. The molecule has 2 aromatic rings. The van der Waals surface area contributed by atoms with Gasteiger partial charge in [0, 0.05) is 10.2 Å². The quantitative estimate of drug-likeness (QED) is 0.852. The highest BCUT2D eigenvalue weighted by atomic mass is 79.9. The molecule has 0 aliphatic carbocycles. The molecule has 2 rings (SSSR count). The Balaban J connectivity index is 2.09. The molecule has 0 aliphatic rings. The molecule has 110 valence electrons. The third-order valence-electron chi connectivity index (χ3n) is 2.77. The van der Waals surface area contributed by atoms with E-state index in [-0.39, 0.29) is 5.56 Å². The van der Waals surface area contributed by atoms with Crippen molar-refractivity contribution in [3.63, 3.8) is 0 Å². The maximum Gasteiger partial charge on any atom is 0.259 e. The van der Waals surface area contributed by atoms with E-state index in [2.05, 4.69) is 21.2 Å². The first-order chi connectivity index (χ1) is 10.1. The Bertz CT molecular complexity index is 608. The fourth-order valence-corrected chi connectivity index (χ4v) is 2.28. The van der Waals surface area contributed by atoms with Gasteiger partial charge in [0.1, 0.15) is 11.6 Å². The average molecular weight is 352 g/mol. The number of ether oxygens (including phenoxy) is 1. The summed E-state index contributed by atoms with van der Waals surface area (Å²) in [5.74, 6) is -0.325. The molecule has 0 unspecified atom stereocenters. The van der Waals surface area contributed by atoms with Crippen LogP contribution in [0.15, 0.2) is 46.9 Å². The molecule has 21 heavy (non-hydrogen) atoms. The van der Waals surface area contributed by atoms with Crippen LogP contribution in [0.1, 0.15) is 23.7 Å². The Morgan fingerprint density at radius 3 is 2.57 bits per heavy atom. The summed E-state index contributed by atoms with van der Waals surface area (Å²) < 4.78 is 19.6. The van der Waals surface area contributed by atoms with Crippen LogP contribution in [0.5, 0.6) is 5.75 Å². The van der Waals surface area contributed by atoms with Crippen molar-refractivity contribution in [2.45, 2.75) is 13.3 Å². The van der Waals surface area contributed by atoms with Gasteiger partial charge in [-0.25, -0.2) is 4.39 Å². The second-order valence-corrected chi connectivity index (χ2v) is 5.28. The molecular formula is C16H15BrFNO2. The first kappa shape index (κ1) is 15.5. The average Bonchev–Trinajstić information content (AvgIpc) is 2.46. The summed E-state index contributed by atoms with van der Waals surface area (Å²) in [6.45, 7) is 2.68. The Kier molecular flexibility index (Phi) is 5.33. The molecule has 1 N–H and O–H groups in total. The molecule has 0 bridgehead atoms. The maximum absolute atomic E-state index is 13.7. The smallest absolute Gasteiger partial charge is 0.259 e. The zero-order valence-electron chi connectivity index (χ0n) is 11.5. The summed E-state index contributed by atoms with van der Waals surface area (Å²) in [4.78, 5) is 12.1. The van der Waals surface area contributed by atoms with E-state index in [9.17, 15) is 9.18 Å². The maximum atomic E-state index is 13.7. The fourth-order valence-electron chi connectivity index (χ4n) is 1.76. The lowest BCUT2D eigenvalue weighted by molar-refractivity contribution is 0.102. The van der Waals surface area contributed by atoms with E-state index in [1.807, 2.05) is 6.92 Å². The number of hydrogen-bond acceptors (Lipinski definition) is 2. The third-order valence-corrected chi connectivity index (χ3v) is 3.44. The number of hydrogen-bond donors (Lipinski definition) is 1. The summed E-state index contributed by atoms with van der Waals surface area (Å²) in [7, 11) is 0. The van der Waals surface area contributed by atoms with Gasteiger partial charge in [-0.2, -0.15) is 0 Å². The lowest BCUT2D eigenvalue weighted by Crippen LogP contribution is -2.14. The number of halogens is 2. The van der Waals surface area contributed by atoms with Gasteiger partial charge in [-0.3, -0.25) is 4.79 Å². The molecule has 0 aliphatic heterocycles. The zero-order valence-corrected chi connectivity index (χ0v) is 13.1. The van der Waals surface area contributed by atoms with Gasteiger partial charge in [0.2, 0.25) is 0 Å². The number of benzene rings is 2. The van der Waals surface area contributed by atoms with Crippen LogP contribution >= 0.6 is 15.9 Å². The molecule has 0 saturated carbocycles. The number of rotatable bonds is 5. The van der Waals surface area contributed by atoms with Crippen molar-refractivity contribution >= 4 is 27.5 Å². The number of nitrogens with one attached hydrogen (secondary N) is 1. The highest BCUT2D eigenvalue weighted by Crippen LogP contribution is 2.22. The summed E-state index contributed by atoms with van der Waals surface area (Å²) in [5.41, 5.74) is 0.572. The predicted molar refractivity (Wildman–Crippen MR) is 84.3 cm³/mol. The van der Waals surface area contributed by atoms with E-state index in [1.54, 1.807) is 30.3 Å². The fraction of sp³-hybridized carbons (Fsp3) is 0.188. The molecule has 1 amide bonds. The highest BCUT2D eigenvalue weighted by molar-refractivity contribution is 9.10. The minimum Gasteiger partial charge on any atom is -0.494 e. The number of anilines is 1. The lowest BCUT2D eigenvalue weighted by Gasteiger charge is -2.09. The first-order valence-electron chi connectivity index (χ1n) is 6.60. The van der Waals surface area contributed by atoms with Gasteiger partial charge in [0.15, 0.2) is 0 Å². The summed E-state index contributed by atoms with van der Waals surface area (Å²) in [6.07, 6.45) is 0.930. The van der Waals surface area contributed by atoms with Crippen molar-refractivity contribution < 1.29 is 13.9 Å². The summed E-state index contributed by atoms with van der Waals surface area (Å²) >= 11 is 3.18. The molecule has 0 saturated heterocycles. The number of carbonyl (C=O) groups excluding carboxylic acids is 1. The van der Waals surface area contributed by atoms with Crippen LogP contribution in [0, 0.1) is 5.82 Å². The van der Waals surface area contributed by atoms with Crippen LogP contribution in [-0.2, 0) is 0 Å². The standard InChI is InChI=1S/C16H15BrFNO2/c1-2-10-21-12-8-6-11(7-9-12)19-16(20)15-13(17)4-3-5-14(15)18/h3-9H,2,10H2,1H3,(H,19,20). The first-order valence-corrected chi connectivity index (χ1v) is 7.39. The molecule has 0 radical (unpaired) electrons. The van der Waals surface area contributed by atoms with E-state index in [0.717, 1.165) is 12.2 Å². The summed E-state index contributed by atoms with van der Waals surface area (Å²) in [5, 5.41) is 2.66. The SMILES string of the molecule is CCCOc1ccc(NC(=O)c2c(F)cccc2Br)cc1. The third kappa shape index (κ3) is 4.04. The number of amides is 1. The van der Waals surface area contributed by atoms with Crippen LogP contribution in [0.25, 0.3) is 0 Å². The van der Waals surface area contributed by atoms with Crippen molar-refractivity contribution in [1.29, 1.82) is 0 Å². The zero-order chi connectivity index (χ0) is 15.2. The summed E-state index contributed by atoms with van der Waals surface area (Å²) in [6, 6.07) is 11.4. The second kappa shape index (κ2) is 7.22. The molecular weight excluding hydrogens is 337 g/mol. The lowest BCUT2D eigenvalue weighted by atomic mass is 10.2. The topological polar surface area (TPSA) is 38.3 Å². The van der Waals surface area contributed by atoms with E-state index in [4.69, 9.17) is 4.74 Å². The van der Waals surface area contributed by atoms with Crippen molar-refractivity contribution in [3.8, 4) is 5.75 Å². The normalized spacial score (nSPS) is 10.2. The van der Waals surface area contributed by atoms with Crippen molar-refractivity contribution in [2.24, 2.45) is 0 Å². The van der Waals surface area contributed by atoms with Crippen LogP contribution in [0.2, 0.25) is 0 Å². The van der Waals surface area contributed by atoms with E-state index >= 15 is 0 Å². The Labute approximate surface area is 131 Å². The van der Waals surface area contributed by atoms with Gasteiger partial charge in [-0.05, 0) is 58.7 Å². The molecule has 2 aromatic carbocycles. The molecule has 5 heteroatoms. The monoisotopic (exact) mass is 351 g/mol. The van der Waals surface area contributed by atoms with E-state index in [1.165, 1.54) is 12.1 Å². The van der Waals surface area contributed by atoms with Gasteiger partial charge < -0.3 is 10.1 Å². The largest absolute Gasteiger partial charge is 0.494 e. The van der Waals surface area contributed by atoms with Gasteiger partial charge >= 0.3 is 0 Å². The Hall–Kier alpha value is -1.88. The molecule has 0 atom stereocenters. The Morgan fingerprint density at radius 2 is 1.95 bits per heavy atom. The minimum atomic E-state index is -0.565. The molecule has 0 aromatic heterocycles. The van der Waals surface area contributed by atoms with E-state index in [0.29, 0.717) is 16.8 Å². The van der Waals surface area contributed by atoms with Gasteiger partial charge in [0.05, 0.1) is 12.2 Å². The van der Waals surface area contributed by atoms with Crippen LogP contribution in [-0.4, -0.2) is 12.5 Å². The Morgan fingerprint density at radius 1 is 1.24 bits per heavy atom. The van der Waals surface area contributed by atoms with Gasteiger partial charge in [-0.15, -0.1) is 0 Å². The molecule has 0 heterocycles. The van der Waals surface area contributed by atoms with Crippen LogP contribution in [0.4, 0.5) is 10.1 Å². The predicted octanol–water partition coefficient (Wildman–Crippen LogP) is 4.63. The van der Waals surface area contributed by atoms with Gasteiger partial charge in [-0.1, -0.05) is 13.0 Å². The molecule has 3 nitrogen and oxygen atoms in total. The molecule has 0 spiro atoms.